The fourth-order valence-electron chi connectivity index (χ4n) is 4.85. The third kappa shape index (κ3) is 4.49. The maximum Gasteiger partial charge on any atom is 0.250 e. The largest absolute Gasteiger partial charge is 0.493 e. The Morgan fingerprint density at radius 3 is 2.62 bits per heavy atom. The molecule has 32 heavy (non-hydrogen) atoms. The summed E-state index contributed by atoms with van der Waals surface area (Å²) in [4.78, 5) is 39.2. The summed E-state index contributed by atoms with van der Waals surface area (Å²) in [6.07, 6.45) is 1.30. The van der Waals surface area contributed by atoms with E-state index >= 15 is 0 Å². The predicted octanol–water partition coefficient (Wildman–Crippen LogP) is 1.91. The molecule has 2 amide bonds. The molecule has 8 heteroatoms. The zero-order valence-electron chi connectivity index (χ0n) is 18.5. The number of nitrogens with zero attached hydrogens (tertiary/aromatic N) is 2. The van der Waals surface area contributed by atoms with E-state index in [-0.39, 0.29) is 42.1 Å². The van der Waals surface area contributed by atoms with Crippen LogP contribution in [0.25, 0.3) is 0 Å². The lowest BCUT2D eigenvalue weighted by atomic mass is 9.83. The van der Waals surface area contributed by atoms with Crippen LogP contribution in [0.4, 0.5) is 0 Å². The summed E-state index contributed by atoms with van der Waals surface area (Å²) >= 11 is 0. The Hall–Kier alpha value is -3.29. The third-order valence-corrected chi connectivity index (χ3v) is 6.36. The molecule has 0 aliphatic carbocycles. The SMILES string of the molecule is COc1cccc(CNC(=O)CCC(=O)N2C[C@H]3C[C@H](C2)c2cccc(=O)n2C3)c1OC. The number of nitrogens with one attached hydrogen (secondary N) is 1. The molecule has 0 spiro atoms. The molecule has 8 nitrogen and oxygen atoms in total. The van der Waals surface area contributed by atoms with Gasteiger partial charge in [-0.2, -0.15) is 0 Å². The van der Waals surface area contributed by atoms with Gasteiger partial charge in [0.25, 0.3) is 5.56 Å². The molecule has 1 fully saturated rings. The summed E-state index contributed by atoms with van der Waals surface area (Å²) in [6, 6.07) is 10.9. The number of carbonyl (C=O) groups excluding carboxylic acids is 2. The van der Waals surface area contributed by atoms with E-state index < -0.39 is 0 Å². The maximum atomic E-state index is 12.8. The van der Waals surface area contributed by atoms with Crippen molar-refractivity contribution in [3.8, 4) is 11.5 Å². The number of hydrogen-bond donors (Lipinski definition) is 1. The van der Waals surface area contributed by atoms with Crippen molar-refractivity contribution in [3.05, 3.63) is 58.0 Å². The maximum absolute atomic E-state index is 12.8. The van der Waals surface area contributed by atoms with Gasteiger partial charge in [0.05, 0.1) is 14.2 Å². The van der Waals surface area contributed by atoms with Crippen LogP contribution in [0.3, 0.4) is 0 Å². The smallest absolute Gasteiger partial charge is 0.250 e. The highest BCUT2D eigenvalue weighted by Crippen LogP contribution is 2.35. The first-order valence-electron chi connectivity index (χ1n) is 10.9. The summed E-state index contributed by atoms with van der Waals surface area (Å²) in [7, 11) is 3.13. The summed E-state index contributed by atoms with van der Waals surface area (Å²) in [5, 5.41) is 2.86. The van der Waals surface area contributed by atoms with Crippen molar-refractivity contribution >= 4 is 11.8 Å². The second-order valence-corrected chi connectivity index (χ2v) is 8.43. The van der Waals surface area contributed by atoms with Crippen molar-refractivity contribution in [1.29, 1.82) is 0 Å². The van der Waals surface area contributed by atoms with Gasteiger partial charge in [-0.25, -0.2) is 0 Å². The van der Waals surface area contributed by atoms with Crippen molar-refractivity contribution in [2.45, 2.75) is 38.3 Å². The van der Waals surface area contributed by atoms with Crippen molar-refractivity contribution in [2.24, 2.45) is 5.92 Å². The molecule has 0 unspecified atom stereocenters. The van der Waals surface area contributed by atoms with Crippen LogP contribution in [-0.2, 0) is 22.7 Å². The molecule has 2 aliphatic heterocycles. The highest BCUT2D eigenvalue weighted by atomic mass is 16.5. The van der Waals surface area contributed by atoms with Gasteiger partial charge in [-0.1, -0.05) is 18.2 Å². The zero-order chi connectivity index (χ0) is 22.7. The third-order valence-electron chi connectivity index (χ3n) is 6.36. The second-order valence-electron chi connectivity index (χ2n) is 8.43. The number of aromatic nitrogens is 1. The predicted molar refractivity (Wildman–Crippen MR) is 119 cm³/mol. The van der Waals surface area contributed by atoms with Crippen LogP contribution in [0.5, 0.6) is 11.5 Å². The molecule has 1 aromatic heterocycles. The van der Waals surface area contributed by atoms with Gasteiger partial charge in [-0.15, -0.1) is 0 Å². The van der Waals surface area contributed by atoms with Gasteiger partial charge in [0.15, 0.2) is 11.5 Å². The first-order valence-corrected chi connectivity index (χ1v) is 10.9. The number of rotatable bonds is 7. The van der Waals surface area contributed by atoms with Crippen molar-refractivity contribution in [1.82, 2.24) is 14.8 Å². The molecule has 1 N–H and O–H groups in total. The quantitative estimate of drug-likeness (QED) is 0.712. The first kappa shape index (κ1) is 21.9. The number of para-hydroxylation sites is 1. The van der Waals surface area contributed by atoms with E-state index in [1.54, 1.807) is 32.4 Å². The van der Waals surface area contributed by atoms with Crippen LogP contribution in [0.2, 0.25) is 0 Å². The number of fused-ring (bicyclic) bond motifs is 4. The number of likely N-dealkylation sites (tertiary alicyclic amines) is 1. The molecule has 2 aliphatic rings. The van der Waals surface area contributed by atoms with Crippen LogP contribution < -0.4 is 20.3 Å². The normalized spacial score (nSPS) is 19.1. The van der Waals surface area contributed by atoms with E-state index in [1.807, 2.05) is 27.7 Å². The Labute approximate surface area is 187 Å². The standard InChI is InChI=1S/C24H29N3O5/c1-31-20-7-3-5-17(24(20)32-2)12-25-21(28)9-10-22(29)26-13-16-11-18(15-26)19-6-4-8-23(30)27(19)14-16/h3-8,16,18H,9-15H2,1-2H3,(H,25,28)/t16-,18-/m1/s1. The van der Waals surface area contributed by atoms with Gasteiger partial charge in [-0.05, 0) is 24.5 Å². The molecular formula is C24H29N3O5. The van der Waals surface area contributed by atoms with Gasteiger partial charge in [0, 0.05) is 62.3 Å². The monoisotopic (exact) mass is 439 g/mol. The molecule has 0 radical (unpaired) electrons. The Morgan fingerprint density at radius 1 is 1.03 bits per heavy atom. The second kappa shape index (κ2) is 9.46. The lowest BCUT2D eigenvalue weighted by Crippen LogP contribution is -2.49. The van der Waals surface area contributed by atoms with Crippen molar-refractivity contribution in [3.63, 3.8) is 0 Å². The van der Waals surface area contributed by atoms with Gasteiger partial charge >= 0.3 is 0 Å². The molecule has 0 saturated carbocycles. The summed E-state index contributed by atoms with van der Waals surface area (Å²) in [6.45, 7) is 2.19. The van der Waals surface area contributed by atoms with Gasteiger partial charge in [0.2, 0.25) is 11.8 Å². The van der Waals surface area contributed by atoms with E-state index in [9.17, 15) is 14.4 Å². The number of amides is 2. The molecular weight excluding hydrogens is 410 g/mol. The average molecular weight is 440 g/mol. The number of carbonyl (C=O) groups is 2. The zero-order valence-corrected chi connectivity index (χ0v) is 18.5. The van der Waals surface area contributed by atoms with E-state index in [0.29, 0.717) is 37.7 Å². The molecule has 2 bridgehead atoms. The fourth-order valence-corrected chi connectivity index (χ4v) is 4.85. The highest BCUT2D eigenvalue weighted by molar-refractivity contribution is 5.84. The molecule has 2 aromatic rings. The summed E-state index contributed by atoms with van der Waals surface area (Å²) in [5.41, 5.74) is 1.85. The fraction of sp³-hybridized carbons (Fsp3) is 0.458. The summed E-state index contributed by atoms with van der Waals surface area (Å²) in [5.74, 6) is 1.45. The van der Waals surface area contributed by atoms with Crippen LogP contribution in [0, 0.1) is 5.92 Å². The Kier molecular flexibility index (Phi) is 6.48. The van der Waals surface area contributed by atoms with Gasteiger partial charge < -0.3 is 24.3 Å². The van der Waals surface area contributed by atoms with Crippen LogP contribution in [-0.4, -0.2) is 48.6 Å². The number of methoxy groups -OCH3 is 2. The van der Waals surface area contributed by atoms with E-state index in [2.05, 4.69) is 5.32 Å². The van der Waals surface area contributed by atoms with E-state index in [0.717, 1.165) is 17.7 Å². The van der Waals surface area contributed by atoms with Crippen LogP contribution >= 0.6 is 0 Å². The Morgan fingerprint density at radius 2 is 1.84 bits per heavy atom. The lowest BCUT2D eigenvalue weighted by Gasteiger charge is -2.42. The molecule has 2 atom stereocenters. The average Bonchev–Trinajstić information content (AvgIpc) is 2.81. The highest BCUT2D eigenvalue weighted by Gasteiger charge is 2.36. The number of pyridine rings is 1. The minimum Gasteiger partial charge on any atom is -0.493 e. The van der Waals surface area contributed by atoms with Crippen molar-refractivity contribution in [2.75, 3.05) is 27.3 Å². The minimum atomic E-state index is -0.183. The Bertz CT molecular complexity index is 1060. The number of benzene rings is 1. The topological polar surface area (TPSA) is 89.9 Å². The lowest BCUT2D eigenvalue weighted by molar-refractivity contribution is -0.136. The molecule has 1 saturated heterocycles. The molecule has 3 heterocycles. The van der Waals surface area contributed by atoms with Crippen molar-refractivity contribution < 1.29 is 19.1 Å². The van der Waals surface area contributed by atoms with Crippen LogP contribution in [0.15, 0.2) is 41.2 Å². The van der Waals surface area contributed by atoms with E-state index in [1.165, 1.54) is 0 Å². The molecule has 1 aromatic carbocycles. The minimum absolute atomic E-state index is 0.0134. The first-order chi connectivity index (χ1) is 15.5. The van der Waals surface area contributed by atoms with Gasteiger partial charge in [-0.3, -0.25) is 14.4 Å². The number of ether oxygens (including phenoxy) is 2. The van der Waals surface area contributed by atoms with E-state index in [4.69, 9.17) is 9.47 Å². The molecule has 170 valence electrons. The van der Waals surface area contributed by atoms with Gasteiger partial charge in [0.1, 0.15) is 0 Å². The Balaban J connectivity index is 1.30. The van der Waals surface area contributed by atoms with Crippen LogP contribution in [0.1, 0.15) is 36.4 Å². The summed E-state index contributed by atoms with van der Waals surface area (Å²) < 4.78 is 12.5. The number of hydrogen-bond acceptors (Lipinski definition) is 5. The molecule has 4 rings (SSSR count). The number of piperidine rings is 1.